The molecule has 0 atom stereocenters. The molecule has 2 heterocycles. The summed E-state index contributed by atoms with van der Waals surface area (Å²) in [6.45, 7) is 0. The van der Waals surface area contributed by atoms with Gasteiger partial charge in [-0.15, -0.1) is 11.3 Å². The standard InChI is InChI=1S/C9H6F3N3O2S/c1-15-3-2-13-6(15)7-14-5(9(10,11)12)4(18-7)8(16)17/h2-3H,1H3,(H,16,17). The highest BCUT2D eigenvalue weighted by Gasteiger charge is 2.40. The number of aromatic nitrogens is 3. The van der Waals surface area contributed by atoms with Crippen LogP contribution in [0, 0.1) is 0 Å². The molecule has 0 saturated carbocycles. The van der Waals surface area contributed by atoms with E-state index in [9.17, 15) is 18.0 Å². The molecule has 9 heteroatoms. The van der Waals surface area contributed by atoms with Gasteiger partial charge in [-0.2, -0.15) is 13.2 Å². The first-order valence-electron chi connectivity index (χ1n) is 4.59. The summed E-state index contributed by atoms with van der Waals surface area (Å²) in [6, 6.07) is 0. The maximum atomic E-state index is 12.6. The van der Waals surface area contributed by atoms with Crippen LogP contribution in [-0.2, 0) is 13.2 Å². The Hall–Kier alpha value is -1.90. The second-order valence-corrected chi connectivity index (χ2v) is 4.36. The summed E-state index contributed by atoms with van der Waals surface area (Å²) in [5, 5.41) is 8.68. The maximum absolute atomic E-state index is 12.6. The number of aryl methyl sites for hydroxylation is 1. The van der Waals surface area contributed by atoms with Crippen LogP contribution in [0.25, 0.3) is 10.8 Å². The Labute approximate surface area is 103 Å². The molecular formula is C9H6F3N3O2S. The van der Waals surface area contributed by atoms with Crippen molar-refractivity contribution in [2.75, 3.05) is 0 Å². The van der Waals surface area contributed by atoms with Gasteiger partial charge in [0.05, 0.1) is 0 Å². The van der Waals surface area contributed by atoms with Crippen molar-refractivity contribution in [3.63, 3.8) is 0 Å². The lowest BCUT2D eigenvalue weighted by Crippen LogP contribution is -2.11. The van der Waals surface area contributed by atoms with Gasteiger partial charge in [0, 0.05) is 19.4 Å². The van der Waals surface area contributed by atoms with Crippen LogP contribution in [0.5, 0.6) is 0 Å². The highest BCUT2D eigenvalue weighted by Crippen LogP contribution is 2.37. The Morgan fingerprint density at radius 2 is 2.17 bits per heavy atom. The highest BCUT2D eigenvalue weighted by molar-refractivity contribution is 7.16. The number of rotatable bonds is 2. The molecule has 0 aliphatic carbocycles. The van der Waals surface area contributed by atoms with E-state index in [2.05, 4.69) is 9.97 Å². The van der Waals surface area contributed by atoms with Crippen molar-refractivity contribution in [3.8, 4) is 10.8 Å². The first kappa shape index (κ1) is 12.6. The monoisotopic (exact) mass is 277 g/mol. The van der Waals surface area contributed by atoms with Crippen LogP contribution < -0.4 is 0 Å². The van der Waals surface area contributed by atoms with E-state index in [1.54, 1.807) is 7.05 Å². The predicted molar refractivity (Wildman–Crippen MR) is 56.3 cm³/mol. The zero-order valence-corrected chi connectivity index (χ0v) is 9.71. The van der Waals surface area contributed by atoms with Crippen molar-refractivity contribution in [3.05, 3.63) is 23.0 Å². The zero-order valence-electron chi connectivity index (χ0n) is 8.89. The first-order valence-corrected chi connectivity index (χ1v) is 5.41. The van der Waals surface area contributed by atoms with Gasteiger partial charge in [0.25, 0.3) is 0 Å². The fourth-order valence-corrected chi connectivity index (χ4v) is 2.29. The Bertz CT molecular complexity index is 602. The van der Waals surface area contributed by atoms with Crippen molar-refractivity contribution in [1.29, 1.82) is 0 Å². The van der Waals surface area contributed by atoms with Gasteiger partial charge < -0.3 is 9.67 Å². The Morgan fingerprint density at radius 1 is 1.50 bits per heavy atom. The highest BCUT2D eigenvalue weighted by atomic mass is 32.1. The number of carbonyl (C=O) groups is 1. The summed E-state index contributed by atoms with van der Waals surface area (Å²) in [4.78, 5) is 17.1. The summed E-state index contributed by atoms with van der Waals surface area (Å²) in [5.41, 5.74) is -1.39. The fraction of sp³-hybridized carbons (Fsp3) is 0.222. The zero-order chi connectivity index (χ0) is 13.5. The molecule has 2 aromatic rings. The van der Waals surface area contributed by atoms with Crippen LogP contribution >= 0.6 is 11.3 Å². The molecule has 5 nitrogen and oxygen atoms in total. The number of alkyl halides is 3. The first-order chi connectivity index (χ1) is 8.30. The molecule has 0 bridgehead atoms. The van der Waals surface area contributed by atoms with E-state index in [1.165, 1.54) is 17.0 Å². The molecule has 0 amide bonds. The molecule has 0 radical (unpaired) electrons. The summed E-state index contributed by atoms with van der Waals surface area (Å²) in [6.07, 6.45) is -1.87. The number of aromatic carboxylic acids is 1. The van der Waals surface area contributed by atoms with Crippen molar-refractivity contribution < 1.29 is 23.1 Å². The largest absolute Gasteiger partial charge is 0.477 e. The summed E-state index contributed by atoms with van der Waals surface area (Å²) in [7, 11) is 1.58. The van der Waals surface area contributed by atoms with Crippen molar-refractivity contribution in [2.24, 2.45) is 7.05 Å². The Morgan fingerprint density at radius 3 is 2.56 bits per heavy atom. The van der Waals surface area contributed by atoms with Gasteiger partial charge in [0.15, 0.2) is 16.5 Å². The smallest absolute Gasteiger partial charge is 0.435 e. The minimum Gasteiger partial charge on any atom is -0.477 e. The number of hydrogen-bond donors (Lipinski definition) is 1. The van der Waals surface area contributed by atoms with Crippen LogP contribution in [0.3, 0.4) is 0 Å². The molecule has 1 N–H and O–H groups in total. The minimum absolute atomic E-state index is 0.0766. The average Bonchev–Trinajstić information content (AvgIpc) is 2.81. The third-order valence-corrected chi connectivity index (χ3v) is 3.14. The second kappa shape index (κ2) is 4.09. The minimum atomic E-state index is -4.80. The summed E-state index contributed by atoms with van der Waals surface area (Å²) < 4.78 is 39.3. The van der Waals surface area contributed by atoms with E-state index in [0.717, 1.165) is 0 Å². The average molecular weight is 277 g/mol. The number of carboxylic acid groups (broad SMARTS) is 1. The molecule has 0 fully saturated rings. The predicted octanol–water partition coefficient (Wildman–Crippen LogP) is 2.26. The van der Waals surface area contributed by atoms with Gasteiger partial charge in [0.2, 0.25) is 0 Å². The number of thiazole rings is 1. The van der Waals surface area contributed by atoms with Crippen LogP contribution in [0.15, 0.2) is 12.4 Å². The summed E-state index contributed by atoms with van der Waals surface area (Å²) in [5.74, 6) is -1.46. The maximum Gasteiger partial charge on any atom is 0.435 e. The van der Waals surface area contributed by atoms with Gasteiger partial charge in [0.1, 0.15) is 4.88 Å². The van der Waals surface area contributed by atoms with E-state index in [4.69, 9.17) is 5.11 Å². The van der Waals surface area contributed by atoms with Crippen LogP contribution in [-0.4, -0.2) is 25.6 Å². The van der Waals surface area contributed by atoms with Crippen molar-refractivity contribution in [1.82, 2.24) is 14.5 Å². The van der Waals surface area contributed by atoms with E-state index < -0.39 is 22.7 Å². The van der Waals surface area contributed by atoms with Gasteiger partial charge in [-0.1, -0.05) is 0 Å². The normalized spacial score (nSPS) is 11.8. The van der Waals surface area contributed by atoms with Crippen LogP contribution in [0.1, 0.15) is 15.4 Å². The molecule has 0 saturated heterocycles. The van der Waals surface area contributed by atoms with E-state index >= 15 is 0 Å². The second-order valence-electron chi connectivity index (χ2n) is 3.36. The molecular weight excluding hydrogens is 271 g/mol. The molecule has 2 aromatic heterocycles. The lowest BCUT2D eigenvalue weighted by Gasteiger charge is -2.02. The molecule has 0 aliphatic rings. The molecule has 18 heavy (non-hydrogen) atoms. The van der Waals surface area contributed by atoms with Crippen molar-refractivity contribution >= 4 is 17.3 Å². The lowest BCUT2D eigenvalue weighted by atomic mass is 10.3. The third kappa shape index (κ3) is 2.08. The number of hydrogen-bond acceptors (Lipinski definition) is 4. The number of carboxylic acids is 1. The summed E-state index contributed by atoms with van der Waals surface area (Å²) >= 11 is 0.452. The van der Waals surface area contributed by atoms with Gasteiger partial charge >= 0.3 is 12.1 Å². The van der Waals surface area contributed by atoms with E-state index in [0.29, 0.717) is 11.3 Å². The van der Waals surface area contributed by atoms with E-state index in [-0.39, 0.29) is 10.8 Å². The Balaban J connectivity index is 2.60. The van der Waals surface area contributed by atoms with Crippen LogP contribution in [0.2, 0.25) is 0 Å². The van der Waals surface area contributed by atoms with Gasteiger partial charge in [-0.05, 0) is 0 Å². The number of nitrogens with zero attached hydrogens (tertiary/aromatic N) is 3. The molecule has 0 aliphatic heterocycles. The lowest BCUT2D eigenvalue weighted by molar-refractivity contribution is -0.141. The Kier molecular flexibility index (Phi) is 2.85. The third-order valence-electron chi connectivity index (χ3n) is 2.10. The molecule has 2 rings (SSSR count). The fourth-order valence-electron chi connectivity index (χ4n) is 1.32. The van der Waals surface area contributed by atoms with E-state index in [1.807, 2.05) is 0 Å². The molecule has 0 aromatic carbocycles. The molecule has 0 spiro atoms. The van der Waals surface area contributed by atoms with Gasteiger partial charge in [-0.3, -0.25) is 0 Å². The molecule has 0 unspecified atom stereocenters. The molecule has 96 valence electrons. The topological polar surface area (TPSA) is 68.0 Å². The van der Waals surface area contributed by atoms with Crippen LogP contribution in [0.4, 0.5) is 13.2 Å². The number of halogens is 3. The SMILES string of the molecule is Cn1ccnc1-c1nc(C(F)(F)F)c(C(=O)O)s1. The van der Waals surface area contributed by atoms with Gasteiger partial charge in [-0.25, -0.2) is 14.8 Å². The van der Waals surface area contributed by atoms with Crippen molar-refractivity contribution in [2.45, 2.75) is 6.18 Å². The quantitative estimate of drug-likeness (QED) is 0.914. The number of imidazole rings is 1.